The summed E-state index contributed by atoms with van der Waals surface area (Å²) in [6.45, 7) is 11.4. The largest absolute Gasteiger partial charge is 0.184 e. The molecule has 0 N–H and O–H groups in total. The maximum Gasteiger partial charge on any atom is 0.0920 e. The van der Waals surface area contributed by atoms with Crippen molar-refractivity contribution in [1.82, 2.24) is 0 Å². The molecule has 0 atom stereocenters. The van der Waals surface area contributed by atoms with Crippen LogP contribution in [0, 0.1) is 13.0 Å². The molecule has 2 radical (unpaired) electrons. The van der Waals surface area contributed by atoms with Gasteiger partial charge in [0.25, 0.3) is 0 Å². The molecule has 0 nitrogen and oxygen atoms in total. The number of hydrogen-bond acceptors (Lipinski definition) is 0. The van der Waals surface area contributed by atoms with Crippen molar-refractivity contribution < 1.29 is 20.8 Å². The summed E-state index contributed by atoms with van der Waals surface area (Å²) in [5, 5.41) is 5.61. The van der Waals surface area contributed by atoms with E-state index in [2.05, 4.69) is 126 Å². The first-order chi connectivity index (χ1) is 18.8. The molecule has 39 heavy (non-hydrogen) atoms. The number of benzene rings is 4. The Morgan fingerprint density at radius 2 is 1.54 bits per heavy atom. The van der Waals surface area contributed by atoms with E-state index in [4.69, 9.17) is 17.0 Å². The third-order valence-electron chi connectivity index (χ3n) is 7.04. The average Bonchev–Trinajstić information content (AvgIpc) is 3.50. The van der Waals surface area contributed by atoms with Crippen LogP contribution in [0.25, 0.3) is 33.0 Å². The van der Waals surface area contributed by atoms with Crippen molar-refractivity contribution >= 4 is 47.7 Å². The van der Waals surface area contributed by atoms with E-state index in [9.17, 15) is 0 Å². The van der Waals surface area contributed by atoms with Crippen LogP contribution < -0.4 is 10.4 Å². The van der Waals surface area contributed by atoms with Crippen molar-refractivity contribution in [1.29, 1.82) is 0 Å². The van der Waals surface area contributed by atoms with Gasteiger partial charge in [-0.25, -0.2) is 0 Å². The van der Waals surface area contributed by atoms with Crippen molar-refractivity contribution in [3.05, 3.63) is 114 Å². The summed E-state index contributed by atoms with van der Waals surface area (Å²) in [4.78, 5) is 0. The minimum atomic E-state index is -0.826. The monoisotopic (exact) mass is 642 g/mol. The normalized spacial score (nSPS) is 11.5. The maximum absolute atomic E-state index is 4.93. The smallest absolute Gasteiger partial charge is 0.0920 e. The van der Waals surface area contributed by atoms with Gasteiger partial charge in [0.05, 0.1) is 9.52 Å². The molecular weight excluding hydrogens is 611 g/mol. The molecule has 196 valence electrons. The fourth-order valence-electron chi connectivity index (χ4n) is 5.27. The van der Waals surface area contributed by atoms with Crippen molar-refractivity contribution in [2.24, 2.45) is 0 Å². The van der Waals surface area contributed by atoms with Gasteiger partial charge in [-0.05, 0) is 29.9 Å². The van der Waals surface area contributed by atoms with Gasteiger partial charge in [-0.1, -0.05) is 105 Å². The summed E-state index contributed by atoms with van der Waals surface area (Å²) in [7, 11) is 10.7. The quantitative estimate of drug-likeness (QED) is 0.133. The van der Waals surface area contributed by atoms with Gasteiger partial charge < -0.3 is 0 Å². The van der Waals surface area contributed by atoms with Crippen LogP contribution in [-0.4, -0.2) is 9.52 Å². The molecule has 0 saturated heterocycles. The van der Waals surface area contributed by atoms with Crippen LogP contribution >= 0.6 is 17.0 Å². The van der Waals surface area contributed by atoms with Crippen LogP contribution in [-0.2, 0) is 32.7 Å². The molecule has 0 aromatic heterocycles. The standard InChI is InChI=1S/C23H27.C12H7Si.2ClH.Zr/c1-6-9-17-14-18-12-13-21(23(3,4)5)22(20(18)15-17)19-11-8-7-10-16(19)2;1-3-7-11-9(5-1)10-6-2-4-8-12(10)13-11;;;/h7-8,10-15H,6,9H2,1-5H3;1-7H;2*1H;/q2*-1;;;+4/p-2. The molecular formula is C35H34Cl2SiZr. The Morgan fingerprint density at radius 3 is 2.23 bits per heavy atom. The molecule has 0 unspecified atom stereocenters. The van der Waals surface area contributed by atoms with Crippen molar-refractivity contribution in [2.75, 3.05) is 0 Å². The first-order valence-corrected chi connectivity index (χ1v) is 20.7. The van der Waals surface area contributed by atoms with E-state index < -0.39 is 20.8 Å². The summed E-state index contributed by atoms with van der Waals surface area (Å²) in [5.41, 5.74) is 9.95. The van der Waals surface area contributed by atoms with E-state index in [0.29, 0.717) is 0 Å². The first kappa shape index (κ1) is 30.1. The molecule has 1 heterocycles. The van der Waals surface area contributed by atoms with Gasteiger partial charge in [-0.15, -0.1) is 40.1 Å². The van der Waals surface area contributed by atoms with Crippen LogP contribution in [0.15, 0.2) is 91.0 Å². The number of hydrogen-bond donors (Lipinski definition) is 0. The number of halogens is 2. The maximum atomic E-state index is 4.93. The molecule has 1 aliphatic rings. The van der Waals surface area contributed by atoms with Crippen molar-refractivity contribution in [3.8, 4) is 22.3 Å². The van der Waals surface area contributed by atoms with E-state index in [0.717, 1.165) is 15.9 Å². The summed E-state index contributed by atoms with van der Waals surface area (Å²) < 4.78 is 0. The summed E-state index contributed by atoms with van der Waals surface area (Å²) in [5.74, 6) is 0. The Bertz CT molecular complexity index is 1500. The molecule has 5 aromatic rings. The second-order valence-corrected chi connectivity index (χ2v) is 15.9. The van der Waals surface area contributed by atoms with Gasteiger partial charge in [0.15, 0.2) is 0 Å². The molecule has 1 aliphatic heterocycles. The van der Waals surface area contributed by atoms with Crippen LogP contribution in [0.5, 0.6) is 0 Å². The predicted molar refractivity (Wildman–Crippen MR) is 170 cm³/mol. The van der Waals surface area contributed by atoms with Gasteiger partial charge in [0, 0.05) is 0 Å². The Balaban J connectivity index is 0.000000184. The fourth-order valence-corrected chi connectivity index (χ4v) is 6.58. The number of aryl methyl sites for hydroxylation is 2. The van der Waals surface area contributed by atoms with Gasteiger partial charge in [-0.2, -0.15) is 35.5 Å². The number of rotatable bonds is 3. The van der Waals surface area contributed by atoms with E-state index in [1.807, 2.05) is 6.07 Å². The summed E-state index contributed by atoms with van der Waals surface area (Å²) >= 11 is -0.826. The van der Waals surface area contributed by atoms with Crippen LogP contribution in [0.2, 0.25) is 0 Å². The molecule has 5 aromatic carbocycles. The molecule has 4 heteroatoms. The Hall–Kier alpha value is -1.83. The van der Waals surface area contributed by atoms with Crippen LogP contribution in [0.1, 0.15) is 50.8 Å². The molecule has 0 spiro atoms. The molecule has 0 bridgehead atoms. The Labute approximate surface area is 255 Å². The third kappa shape index (κ3) is 7.09. The molecule has 0 saturated carbocycles. The zero-order valence-corrected chi connectivity index (χ0v) is 28.3. The Kier molecular flexibility index (Phi) is 10.6. The molecule has 6 rings (SSSR count). The summed E-state index contributed by atoms with van der Waals surface area (Å²) in [6.07, 6.45) is 2.36. The molecule has 0 amide bonds. The zero-order chi connectivity index (χ0) is 28.0. The molecule has 0 fully saturated rings. The van der Waals surface area contributed by atoms with Gasteiger partial charge in [0.2, 0.25) is 0 Å². The second kappa shape index (κ2) is 13.7. The second-order valence-electron chi connectivity index (χ2n) is 10.9. The average molecular weight is 645 g/mol. The minimum absolute atomic E-state index is 0.133. The van der Waals surface area contributed by atoms with Crippen molar-refractivity contribution in [2.45, 2.75) is 52.9 Å². The van der Waals surface area contributed by atoms with Gasteiger partial charge >= 0.3 is 37.9 Å². The zero-order valence-electron chi connectivity index (χ0n) is 23.3. The van der Waals surface area contributed by atoms with E-state index in [1.165, 1.54) is 66.5 Å². The molecule has 0 aliphatic carbocycles. The van der Waals surface area contributed by atoms with Gasteiger partial charge in [0.1, 0.15) is 0 Å². The predicted octanol–water partition coefficient (Wildman–Crippen LogP) is 9.28. The van der Waals surface area contributed by atoms with Crippen molar-refractivity contribution in [3.63, 3.8) is 0 Å². The number of fused-ring (bicyclic) bond motifs is 4. The SMILES string of the molecule is CCCc1cc2c(-c3ccccc3C)c(C(C)(C)C)ccc2[cH-]1.[Cl][Zr+2][Cl].[c-]1cccc2c1[Si]c1ccccc1-2. The van der Waals surface area contributed by atoms with Crippen LogP contribution in [0.4, 0.5) is 0 Å². The summed E-state index contributed by atoms with van der Waals surface area (Å²) in [6, 6.07) is 36.4. The van der Waals surface area contributed by atoms with E-state index in [1.54, 1.807) is 0 Å². The minimum Gasteiger partial charge on any atom is -0.184 e. The topological polar surface area (TPSA) is 0 Å². The third-order valence-corrected chi connectivity index (χ3v) is 8.41. The van der Waals surface area contributed by atoms with E-state index >= 15 is 0 Å². The Morgan fingerprint density at radius 1 is 0.872 bits per heavy atom. The van der Waals surface area contributed by atoms with E-state index in [-0.39, 0.29) is 5.41 Å². The fraction of sp³-hybridized carbons (Fsp3) is 0.229. The van der Waals surface area contributed by atoms with Crippen LogP contribution in [0.3, 0.4) is 0 Å². The van der Waals surface area contributed by atoms with Gasteiger partial charge in [-0.3, -0.25) is 0 Å². The first-order valence-electron chi connectivity index (χ1n) is 13.4.